The number of carbonyl (C=O) groups excluding carboxylic acids is 2. The van der Waals surface area contributed by atoms with Gasteiger partial charge in [0.25, 0.3) is 0 Å². The first-order valence-electron chi connectivity index (χ1n) is 10.5. The van der Waals surface area contributed by atoms with E-state index in [1.807, 2.05) is 39.0 Å². The van der Waals surface area contributed by atoms with Crippen LogP contribution in [0, 0.1) is 20.8 Å². The van der Waals surface area contributed by atoms with Gasteiger partial charge < -0.3 is 15.5 Å². The van der Waals surface area contributed by atoms with Gasteiger partial charge in [0.05, 0.1) is 12.6 Å². The van der Waals surface area contributed by atoms with E-state index in [2.05, 4.69) is 51.6 Å². The van der Waals surface area contributed by atoms with Crippen LogP contribution in [0.25, 0.3) is 0 Å². The summed E-state index contributed by atoms with van der Waals surface area (Å²) in [5, 5.41) is 5.69. The first-order valence-corrected chi connectivity index (χ1v) is 10.5. The van der Waals surface area contributed by atoms with Crippen molar-refractivity contribution in [2.24, 2.45) is 0 Å². The topological polar surface area (TPSA) is 64.7 Å². The van der Waals surface area contributed by atoms with Crippen LogP contribution >= 0.6 is 0 Å². The quantitative estimate of drug-likeness (QED) is 0.772. The predicted molar refractivity (Wildman–Crippen MR) is 122 cm³/mol. The van der Waals surface area contributed by atoms with Gasteiger partial charge in [-0.25, -0.2) is 0 Å². The van der Waals surface area contributed by atoms with Crippen molar-refractivity contribution in [2.45, 2.75) is 33.7 Å². The molecule has 6 heteroatoms. The Bertz CT molecular complexity index is 884. The molecule has 2 N–H and O–H groups in total. The Labute approximate surface area is 179 Å². The first-order chi connectivity index (χ1) is 14.4. The molecule has 1 aliphatic heterocycles. The van der Waals surface area contributed by atoms with Crippen LogP contribution < -0.4 is 15.5 Å². The zero-order valence-corrected chi connectivity index (χ0v) is 18.4. The summed E-state index contributed by atoms with van der Waals surface area (Å²) in [6, 6.07) is 14.0. The van der Waals surface area contributed by atoms with E-state index in [1.165, 1.54) is 11.3 Å². The lowest BCUT2D eigenvalue weighted by molar-refractivity contribution is -0.128. The maximum Gasteiger partial charge on any atom is 0.243 e. The zero-order chi connectivity index (χ0) is 21.7. The van der Waals surface area contributed by atoms with Crippen molar-refractivity contribution in [3.05, 3.63) is 59.2 Å². The third-order valence-electron chi connectivity index (χ3n) is 5.87. The van der Waals surface area contributed by atoms with E-state index in [1.54, 1.807) is 0 Å². The third kappa shape index (κ3) is 5.19. The highest BCUT2D eigenvalue weighted by Gasteiger charge is 2.26. The molecule has 1 unspecified atom stereocenters. The molecule has 0 spiro atoms. The Hall–Kier alpha value is -2.86. The zero-order valence-electron chi connectivity index (χ0n) is 18.4. The molecule has 2 aromatic rings. The van der Waals surface area contributed by atoms with Crippen LogP contribution in [0.15, 0.2) is 42.5 Å². The third-order valence-corrected chi connectivity index (χ3v) is 5.87. The van der Waals surface area contributed by atoms with Gasteiger partial charge in [0, 0.05) is 37.6 Å². The number of anilines is 2. The molecule has 160 valence electrons. The van der Waals surface area contributed by atoms with E-state index >= 15 is 0 Å². The van der Waals surface area contributed by atoms with E-state index in [4.69, 9.17) is 0 Å². The number of rotatable bonds is 6. The molecule has 0 radical (unpaired) electrons. The van der Waals surface area contributed by atoms with Gasteiger partial charge in [-0.3, -0.25) is 14.5 Å². The molecule has 1 atom stereocenters. The second kappa shape index (κ2) is 9.76. The summed E-state index contributed by atoms with van der Waals surface area (Å²) >= 11 is 0. The van der Waals surface area contributed by atoms with Gasteiger partial charge in [-0.05, 0) is 50.5 Å². The van der Waals surface area contributed by atoms with Crippen molar-refractivity contribution in [1.82, 2.24) is 10.2 Å². The number of nitrogens with one attached hydrogen (secondary N) is 2. The number of hydrogen-bond acceptors (Lipinski definition) is 4. The van der Waals surface area contributed by atoms with E-state index < -0.39 is 0 Å². The standard InChI is InChI=1S/C24H32N4O2/c1-17-8-5-6-11-21(17)28-14-12-27(13-15-28)20(4)24(30)25-16-22(29)26-23-18(2)9-7-10-19(23)3/h5-11,20H,12-16H2,1-4H3,(H,25,30)(H,26,29). The number of nitrogens with zero attached hydrogens (tertiary/aromatic N) is 2. The lowest BCUT2D eigenvalue weighted by Crippen LogP contribution is -2.54. The normalized spacial score (nSPS) is 15.5. The minimum absolute atomic E-state index is 0.0277. The highest BCUT2D eigenvalue weighted by Crippen LogP contribution is 2.21. The second-order valence-corrected chi connectivity index (χ2v) is 8.02. The number of carbonyl (C=O) groups is 2. The largest absolute Gasteiger partial charge is 0.369 e. The lowest BCUT2D eigenvalue weighted by Gasteiger charge is -2.39. The van der Waals surface area contributed by atoms with Crippen molar-refractivity contribution in [3.8, 4) is 0 Å². The summed E-state index contributed by atoms with van der Waals surface area (Å²) in [7, 11) is 0. The van der Waals surface area contributed by atoms with Gasteiger partial charge in [-0.1, -0.05) is 36.4 Å². The Kier molecular flexibility index (Phi) is 7.11. The minimum atomic E-state index is -0.267. The second-order valence-electron chi connectivity index (χ2n) is 8.02. The summed E-state index contributed by atoms with van der Waals surface area (Å²) < 4.78 is 0. The average molecular weight is 409 g/mol. The van der Waals surface area contributed by atoms with Crippen molar-refractivity contribution in [1.29, 1.82) is 0 Å². The number of para-hydroxylation sites is 2. The number of benzene rings is 2. The molecule has 0 saturated carbocycles. The van der Waals surface area contributed by atoms with Crippen LogP contribution in [0.5, 0.6) is 0 Å². The van der Waals surface area contributed by atoms with Gasteiger partial charge in [0.2, 0.25) is 11.8 Å². The van der Waals surface area contributed by atoms with Crippen molar-refractivity contribution < 1.29 is 9.59 Å². The molecule has 1 saturated heterocycles. The molecular weight excluding hydrogens is 376 g/mol. The molecule has 2 aromatic carbocycles. The van der Waals surface area contributed by atoms with Gasteiger partial charge in [-0.2, -0.15) is 0 Å². The smallest absolute Gasteiger partial charge is 0.243 e. The number of aryl methyl sites for hydroxylation is 3. The van der Waals surface area contributed by atoms with Crippen LogP contribution in [0.1, 0.15) is 23.6 Å². The molecule has 1 heterocycles. The molecule has 2 amide bonds. The number of piperazine rings is 1. The van der Waals surface area contributed by atoms with E-state index in [9.17, 15) is 9.59 Å². The highest BCUT2D eigenvalue weighted by atomic mass is 16.2. The Morgan fingerprint density at radius 1 is 0.900 bits per heavy atom. The molecule has 30 heavy (non-hydrogen) atoms. The van der Waals surface area contributed by atoms with E-state index in [0.717, 1.165) is 43.0 Å². The Morgan fingerprint density at radius 3 is 2.13 bits per heavy atom. The highest BCUT2D eigenvalue weighted by molar-refractivity contribution is 5.96. The molecule has 0 bridgehead atoms. The monoisotopic (exact) mass is 408 g/mol. The van der Waals surface area contributed by atoms with Crippen LogP contribution in [0.3, 0.4) is 0 Å². The predicted octanol–water partition coefficient (Wildman–Crippen LogP) is 2.88. The summed E-state index contributed by atoms with van der Waals surface area (Å²) in [5.74, 6) is -0.326. The van der Waals surface area contributed by atoms with Gasteiger partial charge >= 0.3 is 0 Å². The Balaban J connectivity index is 1.47. The number of amides is 2. The summed E-state index contributed by atoms with van der Waals surface area (Å²) in [6.07, 6.45) is 0. The fraction of sp³-hybridized carbons (Fsp3) is 0.417. The lowest BCUT2D eigenvalue weighted by atomic mass is 10.1. The first kappa shape index (κ1) is 21.8. The van der Waals surface area contributed by atoms with Crippen LogP contribution in [-0.2, 0) is 9.59 Å². The summed E-state index contributed by atoms with van der Waals surface area (Å²) in [6.45, 7) is 11.3. The maximum atomic E-state index is 12.6. The van der Waals surface area contributed by atoms with Crippen LogP contribution in [-0.4, -0.2) is 55.5 Å². The van der Waals surface area contributed by atoms with Gasteiger partial charge in [0.15, 0.2) is 0 Å². The Morgan fingerprint density at radius 2 is 1.50 bits per heavy atom. The maximum absolute atomic E-state index is 12.6. The van der Waals surface area contributed by atoms with Gasteiger partial charge in [0.1, 0.15) is 0 Å². The molecule has 0 aliphatic carbocycles. The van der Waals surface area contributed by atoms with Crippen molar-refractivity contribution >= 4 is 23.2 Å². The molecular formula is C24H32N4O2. The molecule has 3 rings (SSSR count). The SMILES string of the molecule is Cc1ccccc1N1CCN(C(C)C(=O)NCC(=O)Nc2c(C)cccc2C)CC1. The average Bonchev–Trinajstić information content (AvgIpc) is 2.75. The van der Waals surface area contributed by atoms with E-state index in [-0.39, 0.29) is 24.4 Å². The fourth-order valence-corrected chi connectivity index (χ4v) is 3.94. The fourth-order valence-electron chi connectivity index (χ4n) is 3.94. The molecule has 6 nitrogen and oxygen atoms in total. The minimum Gasteiger partial charge on any atom is -0.369 e. The van der Waals surface area contributed by atoms with Crippen LogP contribution in [0.2, 0.25) is 0 Å². The molecule has 1 fully saturated rings. The van der Waals surface area contributed by atoms with Crippen LogP contribution in [0.4, 0.5) is 11.4 Å². The summed E-state index contributed by atoms with van der Waals surface area (Å²) in [5.41, 5.74) is 5.37. The number of hydrogen-bond donors (Lipinski definition) is 2. The summed E-state index contributed by atoms with van der Waals surface area (Å²) in [4.78, 5) is 29.4. The van der Waals surface area contributed by atoms with Crippen molar-refractivity contribution in [3.63, 3.8) is 0 Å². The molecule has 0 aromatic heterocycles. The molecule has 1 aliphatic rings. The van der Waals surface area contributed by atoms with Crippen molar-refractivity contribution in [2.75, 3.05) is 42.9 Å². The van der Waals surface area contributed by atoms with Gasteiger partial charge in [-0.15, -0.1) is 0 Å². The van der Waals surface area contributed by atoms with E-state index in [0.29, 0.717) is 0 Å².